The molecule has 0 saturated carbocycles. The van der Waals surface area contributed by atoms with Gasteiger partial charge in [0.2, 0.25) is 5.91 Å². The lowest BCUT2D eigenvalue weighted by Crippen LogP contribution is -2.19. The van der Waals surface area contributed by atoms with Gasteiger partial charge in [0.1, 0.15) is 0 Å². The summed E-state index contributed by atoms with van der Waals surface area (Å²) in [7, 11) is 1.50. The first kappa shape index (κ1) is 11.2. The van der Waals surface area contributed by atoms with Gasteiger partial charge in [-0.25, -0.2) is 9.36 Å². The fraction of sp³-hybridized carbons (Fsp3) is 0.200. The average molecular weight is 208 g/mol. The van der Waals surface area contributed by atoms with Gasteiger partial charge in [-0.1, -0.05) is 12.1 Å². The molecule has 0 aliphatic heterocycles. The lowest BCUT2D eigenvalue weighted by atomic mass is 10.3. The van der Waals surface area contributed by atoms with Crippen molar-refractivity contribution in [1.82, 2.24) is 4.57 Å². The molecular weight excluding hydrogens is 196 g/mol. The van der Waals surface area contributed by atoms with E-state index < -0.39 is 5.76 Å². The molecule has 1 aromatic carbocycles. The van der Waals surface area contributed by atoms with Crippen LogP contribution in [0.5, 0.6) is 0 Å². The average Bonchev–Trinajstić information content (AvgIpc) is 2.56. The Morgan fingerprint density at radius 1 is 1.33 bits per heavy atom. The highest BCUT2D eigenvalue weighted by Crippen LogP contribution is 2.10. The Labute approximate surface area is 86.1 Å². The zero-order valence-corrected chi connectivity index (χ0v) is 8.56. The number of carbonyl (C=O) groups is 1. The van der Waals surface area contributed by atoms with Gasteiger partial charge >= 0.3 is 5.76 Å². The third kappa shape index (κ3) is 1.97. The Kier molecular flexibility index (Phi) is 3.41. The van der Waals surface area contributed by atoms with Crippen molar-refractivity contribution in [2.45, 2.75) is 6.92 Å². The number of hydrogen-bond acceptors (Lipinski definition) is 4. The maximum atomic E-state index is 11.2. The predicted octanol–water partition coefficient (Wildman–Crippen LogP) is 0.829. The number of carbonyl (C=O) groups excluding carboxylic acids is 1. The molecule has 0 saturated heterocycles. The van der Waals surface area contributed by atoms with Gasteiger partial charge in [-0.2, -0.15) is 0 Å². The molecule has 1 aromatic heterocycles. The van der Waals surface area contributed by atoms with E-state index in [0.717, 1.165) is 4.57 Å². The second-order valence-electron chi connectivity index (χ2n) is 2.69. The summed E-state index contributed by atoms with van der Waals surface area (Å²) in [5.74, 6) is -0.969. The number of benzene rings is 1. The highest BCUT2D eigenvalue weighted by Gasteiger charge is 2.10. The predicted molar refractivity (Wildman–Crippen MR) is 56.9 cm³/mol. The van der Waals surface area contributed by atoms with E-state index >= 15 is 0 Å². The molecule has 15 heavy (non-hydrogen) atoms. The van der Waals surface area contributed by atoms with Crippen LogP contribution in [0, 0.1) is 0 Å². The van der Waals surface area contributed by atoms with Crippen molar-refractivity contribution < 1.29 is 9.21 Å². The number of nitrogens with two attached hydrogens (primary N) is 1. The van der Waals surface area contributed by atoms with Crippen LogP contribution in [-0.4, -0.2) is 17.5 Å². The van der Waals surface area contributed by atoms with Crippen LogP contribution in [0.4, 0.5) is 0 Å². The minimum atomic E-state index is -0.631. The SMILES string of the molecule is CC(=O)n1c(=O)oc2ccccc21.CN. The Bertz CT molecular complexity index is 525. The minimum Gasteiger partial charge on any atom is -0.407 e. The molecule has 2 aromatic rings. The van der Waals surface area contributed by atoms with Gasteiger partial charge in [-0.15, -0.1) is 0 Å². The van der Waals surface area contributed by atoms with Gasteiger partial charge in [0.05, 0.1) is 5.52 Å². The van der Waals surface area contributed by atoms with Crippen molar-refractivity contribution in [2.75, 3.05) is 7.05 Å². The smallest absolute Gasteiger partial charge is 0.407 e. The maximum Gasteiger partial charge on any atom is 0.426 e. The van der Waals surface area contributed by atoms with Gasteiger partial charge in [-0.3, -0.25) is 4.79 Å². The summed E-state index contributed by atoms with van der Waals surface area (Å²) in [5, 5.41) is 0. The number of aromatic nitrogens is 1. The highest BCUT2D eigenvalue weighted by atomic mass is 16.4. The Balaban J connectivity index is 0.000000531. The molecule has 80 valence electrons. The quantitative estimate of drug-likeness (QED) is 0.695. The van der Waals surface area contributed by atoms with E-state index in [-0.39, 0.29) is 5.91 Å². The molecular formula is C10H12N2O3. The topological polar surface area (TPSA) is 78.2 Å². The monoisotopic (exact) mass is 208 g/mol. The summed E-state index contributed by atoms with van der Waals surface area (Å²) in [4.78, 5) is 22.2. The first-order valence-corrected chi connectivity index (χ1v) is 4.39. The fourth-order valence-electron chi connectivity index (χ4n) is 1.26. The molecule has 0 radical (unpaired) electrons. The van der Waals surface area contributed by atoms with Crippen molar-refractivity contribution in [3.8, 4) is 0 Å². The van der Waals surface area contributed by atoms with Crippen molar-refractivity contribution in [3.63, 3.8) is 0 Å². The molecule has 2 rings (SSSR count). The molecule has 0 atom stereocenters. The van der Waals surface area contributed by atoms with Crippen LogP contribution in [0.1, 0.15) is 11.7 Å². The van der Waals surface area contributed by atoms with Crippen molar-refractivity contribution >= 4 is 17.0 Å². The van der Waals surface area contributed by atoms with E-state index in [2.05, 4.69) is 5.73 Å². The van der Waals surface area contributed by atoms with E-state index in [1.165, 1.54) is 14.0 Å². The summed E-state index contributed by atoms with van der Waals surface area (Å²) >= 11 is 0. The Morgan fingerprint density at radius 3 is 2.53 bits per heavy atom. The zero-order valence-electron chi connectivity index (χ0n) is 8.56. The molecule has 5 heteroatoms. The second-order valence-corrected chi connectivity index (χ2v) is 2.69. The van der Waals surface area contributed by atoms with Crippen LogP contribution in [-0.2, 0) is 0 Å². The molecule has 2 N–H and O–H groups in total. The van der Waals surface area contributed by atoms with Crippen molar-refractivity contribution in [1.29, 1.82) is 0 Å². The Hall–Kier alpha value is -1.88. The van der Waals surface area contributed by atoms with Gasteiger partial charge in [-0.05, 0) is 19.2 Å². The first-order chi connectivity index (χ1) is 7.20. The summed E-state index contributed by atoms with van der Waals surface area (Å²) < 4.78 is 5.86. The van der Waals surface area contributed by atoms with Gasteiger partial charge in [0.25, 0.3) is 0 Å². The highest BCUT2D eigenvalue weighted by molar-refractivity contribution is 5.87. The first-order valence-electron chi connectivity index (χ1n) is 4.39. The van der Waals surface area contributed by atoms with E-state index in [0.29, 0.717) is 11.1 Å². The molecule has 0 bridgehead atoms. The maximum absolute atomic E-state index is 11.2. The third-order valence-electron chi connectivity index (χ3n) is 1.80. The van der Waals surface area contributed by atoms with Crippen LogP contribution in [0.3, 0.4) is 0 Å². The lowest BCUT2D eigenvalue weighted by molar-refractivity contribution is 0.0933. The normalized spacial score (nSPS) is 9.53. The summed E-state index contributed by atoms with van der Waals surface area (Å²) in [5.41, 5.74) is 5.45. The summed E-state index contributed by atoms with van der Waals surface area (Å²) in [6, 6.07) is 6.81. The summed E-state index contributed by atoms with van der Waals surface area (Å²) in [6.45, 7) is 1.32. The van der Waals surface area contributed by atoms with Gasteiger partial charge < -0.3 is 10.2 Å². The fourth-order valence-corrected chi connectivity index (χ4v) is 1.26. The molecule has 0 amide bonds. The van der Waals surface area contributed by atoms with Gasteiger partial charge in [0.15, 0.2) is 5.58 Å². The van der Waals surface area contributed by atoms with Crippen molar-refractivity contribution in [3.05, 3.63) is 34.8 Å². The molecule has 0 unspecified atom stereocenters. The van der Waals surface area contributed by atoms with Crippen LogP contribution < -0.4 is 11.5 Å². The molecule has 0 aliphatic carbocycles. The number of hydrogen-bond donors (Lipinski definition) is 1. The Morgan fingerprint density at radius 2 is 1.93 bits per heavy atom. The van der Waals surface area contributed by atoms with Crippen LogP contribution >= 0.6 is 0 Å². The molecule has 0 fully saturated rings. The van der Waals surface area contributed by atoms with Crippen molar-refractivity contribution in [2.24, 2.45) is 5.73 Å². The largest absolute Gasteiger partial charge is 0.426 e. The number of para-hydroxylation sites is 2. The standard InChI is InChI=1S/C9H7NO3.CH5N/c1-6(11)10-7-4-2-3-5-8(7)13-9(10)12;1-2/h2-5H,1H3;2H2,1H3. The molecule has 5 nitrogen and oxygen atoms in total. The number of rotatable bonds is 0. The number of oxazole rings is 1. The summed E-state index contributed by atoms with van der Waals surface area (Å²) in [6.07, 6.45) is 0. The van der Waals surface area contributed by atoms with E-state index in [4.69, 9.17) is 4.42 Å². The van der Waals surface area contributed by atoms with Crippen LogP contribution in [0.25, 0.3) is 11.1 Å². The van der Waals surface area contributed by atoms with Crippen LogP contribution in [0.15, 0.2) is 33.5 Å². The molecule has 0 aliphatic rings. The second kappa shape index (κ2) is 4.56. The van der Waals surface area contributed by atoms with E-state index in [1.807, 2.05) is 0 Å². The zero-order chi connectivity index (χ0) is 11.4. The van der Waals surface area contributed by atoms with E-state index in [1.54, 1.807) is 24.3 Å². The number of nitrogens with zero attached hydrogens (tertiary/aromatic N) is 1. The molecule has 0 spiro atoms. The third-order valence-corrected chi connectivity index (χ3v) is 1.80. The number of fused-ring (bicyclic) bond motifs is 1. The lowest BCUT2D eigenvalue weighted by Gasteiger charge is -1.92. The van der Waals surface area contributed by atoms with E-state index in [9.17, 15) is 9.59 Å². The molecule has 1 heterocycles. The minimum absolute atomic E-state index is 0.338. The van der Waals surface area contributed by atoms with Crippen LogP contribution in [0.2, 0.25) is 0 Å². The van der Waals surface area contributed by atoms with Gasteiger partial charge in [0, 0.05) is 6.92 Å².